The van der Waals surface area contributed by atoms with Crippen LogP contribution in [-0.2, 0) is 0 Å². The normalized spacial score (nSPS) is 10.6. The van der Waals surface area contributed by atoms with E-state index in [0.717, 1.165) is 0 Å². The van der Waals surface area contributed by atoms with Crippen LogP contribution >= 0.6 is 0 Å². The molecule has 1 aromatic rings. The highest BCUT2D eigenvalue weighted by atomic mass is 16.6. The van der Waals surface area contributed by atoms with Crippen LogP contribution in [0.2, 0.25) is 0 Å². The Hall–Kier alpha value is -1.52. The minimum Gasteiger partial charge on any atom is -0.476 e. The van der Waals surface area contributed by atoms with Crippen LogP contribution in [0.25, 0.3) is 0 Å². The summed E-state index contributed by atoms with van der Waals surface area (Å²) < 4.78 is 10.2. The van der Waals surface area contributed by atoms with Gasteiger partial charge in [-0.3, -0.25) is 0 Å². The predicted molar refractivity (Wildman–Crippen MR) is 48.5 cm³/mol. The van der Waals surface area contributed by atoms with E-state index in [2.05, 4.69) is 4.98 Å². The van der Waals surface area contributed by atoms with Gasteiger partial charge in [-0.2, -0.15) is 4.98 Å². The topological polar surface area (TPSA) is 72.6 Å². The van der Waals surface area contributed by atoms with E-state index in [-0.39, 0.29) is 17.5 Å². The van der Waals surface area contributed by atoms with Gasteiger partial charge in [-0.05, 0) is 12.8 Å². The molecule has 1 rings (SSSR count). The zero-order valence-corrected chi connectivity index (χ0v) is 8.40. The molecule has 0 unspecified atom stereocenters. The van der Waals surface area contributed by atoms with Crippen molar-refractivity contribution in [2.75, 3.05) is 6.61 Å². The monoisotopic (exact) mass is 199 g/mol. The molecule has 1 heterocycles. The fourth-order valence-corrected chi connectivity index (χ4v) is 0.870. The molecule has 0 bridgehead atoms. The molecule has 0 saturated carbocycles. The highest BCUT2D eigenvalue weighted by Crippen LogP contribution is 2.16. The van der Waals surface area contributed by atoms with E-state index in [1.165, 1.54) is 0 Å². The van der Waals surface area contributed by atoms with Crippen molar-refractivity contribution >= 4 is 5.97 Å². The van der Waals surface area contributed by atoms with Gasteiger partial charge >= 0.3 is 12.0 Å². The molecule has 0 spiro atoms. The first-order valence-corrected chi connectivity index (χ1v) is 4.34. The quantitative estimate of drug-likeness (QED) is 0.799. The molecule has 0 fully saturated rings. The van der Waals surface area contributed by atoms with Crippen molar-refractivity contribution in [2.24, 2.45) is 5.92 Å². The lowest BCUT2D eigenvalue weighted by Crippen LogP contribution is -2.05. The molecule has 0 aliphatic rings. The van der Waals surface area contributed by atoms with Crippen molar-refractivity contribution in [1.29, 1.82) is 0 Å². The number of carboxylic acid groups (broad SMARTS) is 1. The summed E-state index contributed by atoms with van der Waals surface area (Å²) in [5, 5.41) is 8.68. The second-order valence-electron chi connectivity index (χ2n) is 3.39. The van der Waals surface area contributed by atoms with Crippen LogP contribution in [-0.4, -0.2) is 22.7 Å². The van der Waals surface area contributed by atoms with Crippen LogP contribution in [0.1, 0.15) is 30.1 Å². The Kier molecular flexibility index (Phi) is 3.11. The van der Waals surface area contributed by atoms with E-state index in [4.69, 9.17) is 14.3 Å². The number of oxazole rings is 1. The predicted octanol–water partition coefficient (Wildman–Crippen LogP) is 1.72. The number of nitrogens with zero attached hydrogens (tertiary/aromatic N) is 1. The molecule has 1 N–H and O–H groups in total. The second kappa shape index (κ2) is 4.13. The summed E-state index contributed by atoms with van der Waals surface area (Å²) in [5.74, 6) is -0.502. The Bertz CT molecular complexity index is 330. The molecule has 0 aliphatic heterocycles. The number of aromatic nitrogens is 1. The van der Waals surface area contributed by atoms with E-state index in [1.54, 1.807) is 6.92 Å². The third-order valence-corrected chi connectivity index (χ3v) is 1.52. The molecule has 0 amide bonds. The number of hydrogen-bond donors (Lipinski definition) is 1. The zero-order chi connectivity index (χ0) is 10.7. The second-order valence-corrected chi connectivity index (χ2v) is 3.39. The largest absolute Gasteiger partial charge is 0.476 e. The molecule has 0 saturated heterocycles. The lowest BCUT2D eigenvalue weighted by Gasteiger charge is -2.02. The zero-order valence-electron chi connectivity index (χ0n) is 8.40. The van der Waals surface area contributed by atoms with Crippen LogP contribution in [0.3, 0.4) is 0 Å². The van der Waals surface area contributed by atoms with Crippen LogP contribution in [0.4, 0.5) is 0 Å². The van der Waals surface area contributed by atoms with E-state index >= 15 is 0 Å². The fourth-order valence-electron chi connectivity index (χ4n) is 0.870. The first-order valence-electron chi connectivity index (χ1n) is 4.34. The van der Waals surface area contributed by atoms with E-state index in [1.807, 2.05) is 13.8 Å². The Morgan fingerprint density at radius 2 is 2.29 bits per heavy atom. The number of aromatic carboxylic acids is 1. The van der Waals surface area contributed by atoms with Crippen molar-refractivity contribution in [2.45, 2.75) is 20.8 Å². The first-order chi connectivity index (χ1) is 6.50. The Morgan fingerprint density at radius 1 is 1.64 bits per heavy atom. The molecular formula is C9H13NO4. The van der Waals surface area contributed by atoms with Crippen molar-refractivity contribution in [3.63, 3.8) is 0 Å². The molecule has 14 heavy (non-hydrogen) atoms. The number of carbonyl (C=O) groups is 1. The van der Waals surface area contributed by atoms with Gasteiger partial charge in [0.25, 0.3) is 0 Å². The maximum atomic E-state index is 10.6. The van der Waals surface area contributed by atoms with Crippen molar-refractivity contribution in [1.82, 2.24) is 4.98 Å². The van der Waals surface area contributed by atoms with Crippen LogP contribution < -0.4 is 4.74 Å². The number of ether oxygens (including phenoxy) is 1. The summed E-state index contributed by atoms with van der Waals surface area (Å²) in [7, 11) is 0. The summed E-state index contributed by atoms with van der Waals surface area (Å²) in [5.41, 5.74) is -0.0937. The minimum atomic E-state index is -1.11. The highest BCUT2D eigenvalue weighted by molar-refractivity contribution is 5.86. The summed E-state index contributed by atoms with van der Waals surface area (Å²) >= 11 is 0. The molecule has 0 atom stereocenters. The maximum absolute atomic E-state index is 10.6. The third-order valence-electron chi connectivity index (χ3n) is 1.52. The SMILES string of the molecule is Cc1oc(OCC(C)C)nc1C(=O)O. The van der Waals surface area contributed by atoms with E-state index in [9.17, 15) is 4.79 Å². The number of aryl methyl sites for hydroxylation is 1. The van der Waals surface area contributed by atoms with Gasteiger partial charge in [0.2, 0.25) is 0 Å². The Balaban J connectivity index is 2.71. The first kappa shape index (κ1) is 10.6. The number of rotatable bonds is 4. The fraction of sp³-hybridized carbons (Fsp3) is 0.556. The van der Waals surface area contributed by atoms with Gasteiger partial charge < -0.3 is 14.3 Å². The molecule has 78 valence electrons. The van der Waals surface area contributed by atoms with Crippen LogP contribution in [0.5, 0.6) is 6.08 Å². The van der Waals surface area contributed by atoms with E-state index < -0.39 is 5.97 Å². The third kappa shape index (κ3) is 2.48. The van der Waals surface area contributed by atoms with Crippen molar-refractivity contribution < 1.29 is 19.1 Å². The van der Waals surface area contributed by atoms with Gasteiger partial charge in [-0.15, -0.1) is 0 Å². The minimum absolute atomic E-state index is 0.0219. The summed E-state index contributed by atoms with van der Waals surface area (Å²) in [6, 6.07) is 0. The summed E-state index contributed by atoms with van der Waals surface area (Å²) in [6.45, 7) is 5.96. The Labute approximate surface area is 81.7 Å². The van der Waals surface area contributed by atoms with Crippen LogP contribution in [0.15, 0.2) is 4.42 Å². The van der Waals surface area contributed by atoms with E-state index in [0.29, 0.717) is 12.5 Å². The molecular weight excluding hydrogens is 186 g/mol. The van der Waals surface area contributed by atoms with Gasteiger partial charge in [-0.25, -0.2) is 4.79 Å². The molecule has 0 radical (unpaired) electrons. The molecule has 0 aliphatic carbocycles. The van der Waals surface area contributed by atoms with Gasteiger partial charge in [-0.1, -0.05) is 13.8 Å². The molecule has 0 aromatic carbocycles. The molecule has 5 heteroatoms. The van der Waals surface area contributed by atoms with Gasteiger partial charge in [0.15, 0.2) is 5.69 Å². The van der Waals surface area contributed by atoms with Gasteiger partial charge in [0.05, 0.1) is 6.61 Å². The smallest absolute Gasteiger partial charge is 0.394 e. The Morgan fingerprint density at radius 3 is 2.71 bits per heavy atom. The molecule has 5 nitrogen and oxygen atoms in total. The lowest BCUT2D eigenvalue weighted by molar-refractivity contribution is 0.0689. The maximum Gasteiger partial charge on any atom is 0.394 e. The van der Waals surface area contributed by atoms with Crippen molar-refractivity contribution in [3.8, 4) is 6.08 Å². The van der Waals surface area contributed by atoms with Gasteiger partial charge in [0, 0.05) is 0 Å². The lowest BCUT2D eigenvalue weighted by atomic mass is 10.2. The van der Waals surface area contributed by atoms with Crippen LogP contribution in [0, 0.1) is 12.8 Å². The molecule has 1 aromatic heterocycles. The standard InChI is InChI=1S/C9H13NO4/c1-5(2)4-13-9-10-7(8(11)12)6(3)14-9/h5H,4H2,1-3H3,(H,11,12). The number of carboxylic acids is 1. The van der Waals surface area contributed by atoms with Gasteiger partial charge in [0.1, 0.15) is 5.76 Å². The summed E-state index contributed by atoms with van der Waals surface area (Å²) in [4.78, 5) is 14.3. The average molecular weight is 199 g/mol. The highest BCUT2D eigenvalue weighted by Gasteiger charge is 2.16. The van der Waals surface area contributed by atoms with Crippen molar-refractivity contribution in [3.05, 3.63) is 11.5 Å². The summed E-state index contributed by atoms with van der Waals surface area (Å²) in [6.07, 6.45) is 0.0219. The average Bonchev–Trinajstić information content (AvgIpc) is 2.43. The number of hydrogen-bond acceptors (Lipinski definition) is 4.